The Morgan fingerprint density at radius 3 is 2.61 bits per heavy atom. The van der Waals surface area contributed by atoms with Gasteiger partial charge >= 0.3 is 0 Å². The van der Waals surface area contributed by atoms with Crippen LogP contribution in [0.1, 0.15) is 51.1 Å². The molecule has 0 aliphatic rings. The fourth-order valence-electron chi connectivity index (χ4n) is 1.79. The summed E-state index contributed by atoms with van der Waals surface area (Å²) in [6.45, 7) is 7.78. The van der Waals surface area contributed by atoms with Crippen molar-refractivity contribution < 1.29 is 14.1 Å². The smallest absolute Gasteiger partial charge is 0.270 e. The lowest BCUT2D eigenvalue weighted by atomic mass is 9.96. The molecule has 1 aromatic carbocycles. The van der Waals surface area contributed by atoms with Crippen molar-refractivity contribution in [2.45, 2.75) is 39.2 Å². The zero-order valence-corrected chi connectivity index (χ0v) is 14.0. The van der Waals surface area contributed by atoms with Gasteiger partial charge in [-0.05, 0) is 19.1 Å². The van der Waals surface area contributed by atoms with Gasteiger partial charge < -0.3 is 19.8 Å². The summed E-state index contributed by atoms with van der Waals surface area (Å²) in [6.07, 6.45) is -0.508. The average Bonchev–Trinajstić information content (AvgIpc) is 3.02. The number of nitrogens with two attached hydrogens (primary N) is 1. The zero-order valence-electron chi connectivity index (χ0n) is 14.0. The summed E-state index contributed by atoms with van der Waals surface area (Å²) < 4.78 is 10.5. The summed E-state index contributed by atoms with van der Waals surface area (Å²) in [6, 6.07) is 7.30. The molecule has 1 aromatic heterocycles. The van der Waals surface area contributed by atoms with E-state index in [0.29, 0.717) is 23.0 Å². The van der Waals surface area contributed by atoms with Crippen LogP contribution in [-0.2, 0) is 10.3 Å². The molecule has 0 fully saturated rings. The van der Waals surface area contributed by atoms with Crippen molar-refractivity contribution in [1.29, 1.82) is 0 Å². The van der Waals surface area contributed by atoms with Crippen molar-refractivity contribution in [2.75, 3.05) is 7.11 Å². The number of aromatic nitrogens is 2. The molecule has 1 heterocycles. The first-order chi connectivity index (χ1) is 10.8. The third-order valence-electron chi connectivity index (χ3n) is 3.15. The number of benzene rings is 1. The predicted octanol–water partition coefficient (Wildman–Crippen LogP) is 2.77. The highest BCUT2D eigenvalue weighted by atomic mass is 16.6. The normalized spacial score (nSPS) is 13.7. The first-order valence-corrected chi connectivity index (χ1v) is 7.29. The third-order valence-corrected chi connectivity index (χ3v) is 3.15. The minimum Gasteiger partial charge on any atom is -0.496 e. The van der Waals surface area contributed by atoms with Crippen molar-refractivity contribution in [2.24, 2.45) is 10.9 Å². The second kappa shape index (κ2) is 6.68. The Kier molecular flexibility index (Phi) is 4.88. The van der Waals surface area contributed by atoms with Gasteiger partial charge in [-0.2, -0.15) is 4.98 Å². The molecule has 1 unspecified atom stereocenters. The molecule has 23 heavy (non-hydrogen) atoms. The Labute approximate surface area is 135 Å². The maximum atomic E-state index is 5.95. The minimum absolute atomic E-state index is 0.193. The molecule has 0 saturated carbocycles. The quantitative estimate of drug-likeness (QED) is 0.517. The number of nitrogens with zero attached hydrogens (tertiary/aromatic N) is 3. The summed E-state index contributed by atoms with van der Waals surface area (Å²) in [5, 5.41) is 7.89. The van der Waals surface area contributed by atoms with Crippen LogP contribution in [0.3, 0.4) is 0 Å². The Bertz CT molecular complexity index is 689. The molecule has 124 valence electrons. The molecule has 0 saturated heterocycles. The molecule has 0 aliphatic heterocycles. The molecule has 7 heteroatoms. The molecular weight excluding hydrogens is 296 g/mol. The van der Waals surface area contributed by atoms with Crippen LogP contribution in [-0.4, -0.2) is 23.1 Å². The Balaban J connectivity index is 2.11. The number of rotatable bonds is 5. The molecule has 2 rings (SSSR count). The highest BCUT2D eigenvalue weighted by Gasteiger charge is 2.24. The Morgan fingerprint density at radius 2 is 2.00 bits per heavy atom. The fraction of sp³-hybridized carbons (Fsp3) is 0.438. The van der Waals surface area contributed by atoms with Crippen molar-refractivity contribution in [3.05, 3.63) is 41.5 Å². The van der Waals surface area contributed by atoms with E-state index in [1.54, 1.807) is 26.2 Å². The first-order valence-electron chi connectivity index (χ1n) is 7.29. The van der Waals surface area contributed by atoms with Crippen LogP contribution in [0.25, 0.3) is 0 Å². The van der Waals surface area contributed by atoms with Gasteiger partial charge in [0.05, 0.1) is 12.7 Å². The summed E-state index contributed by atoms with van der Waals surface area (Å²) in [4.78, 5) is 9.71. The van der Waals surface area contributed by atoms with Gasteiger partial charge in [0.2, 0.25) is 6.10 Å². The SMILES string of the molecule is COc1ccccc1/C(N)=N/OC(C)c1nc(C(C)(C)C)no1. The lowest BCUT2D eigenvalue weighted by molar-refractivity contribution is 0.0479. The van der Waals surface area contributed by atoms with Crippen LogP contribution in [0.15, 0.2) is 33.9 Å². The lowest BCUT2D eigenvalue weighted by Crippen LogP contribution is -2.16. The number of methoxy groups -OCH3 is 1. The second-order valence-electron chi connectivity index (χ2n) is 6.13. The molecule has 2 N–H and O–H groups in total. The second-order valence-corrected chi connectivity index (χ2v) is 6.13. The van der Waals surface area contributed by atoms with E-state index in [9.17, 15) is 0 Å². The van der Waals surface area contributed by atoms with Gasteiger partial charge in [0.15, 0.2) is 11.7 Å². The molecule has 0 radical (unpaired) electrons. The van der Waals surface area contributed by atoms with E-state index in [1.807, 2.05) is 32.9 Å². The van der Waals surface area contributed by atoms with E-state index in [2.05, 4.69) is 15.3 Å². The first kappa shape index (κ1) is 16.8. The molecule has 0 spiro atoms. The van der Waals surface area contributed by atoms with Crippen LogP contribution >= 0.6 is 0 Å². The van der Waals surface area contributed by atoms with Crippen LogP contribution in [0.4, 0.5) is 0 Å². The summed E-state index contributed by atoms with van der Waals surface area (Å²) in [5.41, 5.74) is 6.41. The maximum absolute atomic E-state index is 5.95. The van der Waals surface area contributed by atoms with Crippen LogP contribution < -0.4 is 10.5 Å². The van der Waals surface area contributed by atoms with Crippen molar-refractivity contribution in [3.63, 3.8) is 0 Å². The van der Waals surface area contributed by atoms with E-state index in [4.69, 9.17) is 19.8 Å². The molecule has 0 aliphatic carbocycles. The number of oxime groups is 1. The standard InChI is InChI=1S/C16H22N4O3/c1-10(14-18-15(20-23-14)16(2,3)4)22-19-13(17)11-8-6-7-9-12(11)21-5/h6-10H,1-5H3,(H2,17,19). The summed E-state index contributed by atoms with van der Waals surface area (Å²) in [7, 11) is 1.57. The molecule has 0 amide bonds. The summed E-state index contributed by atoms with van der Waals surface area (Å²) >= 11 is 0. The zero-order chi connectivity index (χ0) is 17.0. The summed E-state index contributed by atoms with van der Waals surface area (Å²) in [5.74, 6) is 1.80. The number of ether oxygens (including phenoxy) is 1. The number of hydrogen-bond acceptors (Lipinski definition) is 6. The van der Waals surface area contributed by atoms with E-state index in [-0.39, 0.29) is 11.3 Å². The predicted molar refractivity (Wildman–Crippen MR) is 86.2 cm³/mol. The number of hydrogen-bond donors (Lipinski definition) is 1. The van der Waals surface area contributed by atoms with Gasteiger partial charge in [0.1, 0.15) is 5.75 Å². The van der Waals surface area contributed by atoms with Crippen molar-refractivity contribution in [3.8, 4) is 5.75 Å². The third kappa shape index (κ3) is 4.00. The molecule has 0 bridgehead atoms. The van der Waals surface area contributed by atoms with Gasteiger partial charge in [-0.25, -0.2) is 0 Å². The van der Waals surface area contributed by atoms with Crippen LogP contribution in [0.2, 0.25) is 0 Å². The van der Waals surface area contributed by atoms with Gasteiger partial charge in [0, 0.05) is 5.41 Å². The van der Waals surface area contributed by atoms with Crippen molar-refractivity contribution in [1.82, 2.24) is 10.1 Å². The van der Waals surface area contributed by atoms with Crippen LogP contribution in [0.5, 0.6) is 5.75 Å². The minimum atomic E-state index is -0.508. The van der Waals surface area contributed by atoms with Crippen LogP contribution in [0, 0.1) is 0 Å². The van der Waals surface area contributed by atoms with Gasteiger partial charge in [-0.1, -0.05) is 43.2 Å². The molecule has 1 atom stereocenters. The van der Waals surface area contributed by atoms with Gasteiger partial charge in [-0.3, -0.25) is 0 Å². The molecule has 2 aromatic rings. The van der Waals surface area contributed by atoms with E-state index in [1.165, 1.54) is 0 Å². The van der Waals surface area contributed by atoms with E-state index in [0.717, 1.165) is 0 Å². The van der Waals surface area contributed by atoms with Crippen molar-refractivity contribution >= 4 is 5.84 Å². The van der Waals surface area contributed by atoms with Gasteiger partial charge in [-0.15, -0.1) is 0 Å². The number of amidine groups is 1. The molecular formula is C16H22N4O3. The number of para-hydroxylation sites is 1. The molecule has 7 nitrogen and oxygen atoms in total. The monoisotopic (exact) mass is 318 g/mol. The highest BCUT2D eigenvalue weighted by Crippen LogP contribution is 2.23. The van der Waals surface area contributed by atoms with E-state index < -0.39 is 6.10 Å². The Morgan fingerprint density at radius 1 is 1.30 bits per heavy atom. The highest BCUT2D eigenvalue weighted by molar-refractivity contribution is 5.99. The average molecular weight is 318 g/mol. The Hall–Kier alpha value is -2.57. The van der Waals surface area contributed by atoms with E-state index >= 15 is 0 Å². The largest absolute Gasteiger partial charge is 0.496 e. The fourth-order valence-corrected chi connectivity index (χ4v) is 1.79. The lowest BCUT2D eigenvalue weighted by Gasteiger charge is -2.11. The maximum Gasteiger partial charge on any atom is 0.270 e. The van der Waals surface area contributed by atoms with Gasteiger partial charge in [0.25, 0.3) is 5.89 Å². The topological polar surface area (TPSA) is 95.8 Å².